The van der Waals surface area contributed by atoms with Crippen molar-refractivity contribution in [2.45, 2.75) is 73.3 Å². The number of hydrogen-bond donors (Lipinski definition) is 3. The maximum atomic E-state index is 14.1. The van der Waals surface area contributed by atoms with Crippen LogP contribution in [-0.4, -0.2) is 50.4 Å². The van der Waals surface area contributed by atoms with Gasteiger partial charge in [0.2, 0.25) is 5.91 Å². The summed E-state index contributed by atoms with van der Waals surface area (Å²) in [6.45, 7) is 13.6. The van der Waals surface area contributed by atoms with Crippen molar-refractivity contribution in [2.24, 2.45) is 23.2 Å². The Balaban J connectivity index is 2.61. The van der Waals surface area contributed by atoms with Gasteiger partial charge in [-0.1, -0.05) is 70.2 Å². The van der Waals surface area contributed by atoms with Gasteiger partial charge in [-0.25, -0.2) is 10.5 Å². The largest absolute Gasteiger partial charge is 0.460 e. The molecule has 2 rings (SSSR count). The molecule has 3 N–H and O–H groups in total. The highest BCUT2D eigenvalue weighted by Crippen LogP contribution is 2.41. The van der Waals surface area contributed by atoms with E-state index in [0.29, 0.717) is 6.54 Å². The van der Waals surface area contributed by atoms with Crippen molar-refractivity contribution in [1.29, 1.82) is 0 Å². The topological polar surface area (TPSA) is 139 Å². The normalized spacial score (nSPS) is 14.4. The second kappa shape index (κ2) is 13.9. The summed E-state index contributed by atoms with van der Waals surface area (Å²) in [5, 5.41) is 13.5. The smallest absolute Gasteiger partial charge is 0.311 e. The van der Waals surface area contributed by atoms with Crippen LogP contribution >= 0.6 is 0 Å². The van der Waals surface area contributed by atoms with Crippen molar-refractivity contribution in [3.63, 3.8) is 0 Å². The van der Waals surface area contributed by atoms with Crippen molar-refractivity contribution < 1.29 is 19.1 Å². The fourth-order valence-electron chi connectivity index (χ4n) is 4.26. The number of carbonyl (C=O) groups excluding carboxylic acids is 3. The minimum absolute atomic E-state index is 0.0920. The number of ketones is 1. The molecule has 0 aliphatic rings. The van der Waals surface area contributed by atoms with Crippen molar-refractivity contribution in [2.75, 3.05) is 6.54 Å². The average molecular weight is 527 g/mol. The van der Waals surface area contributed by atoms with E-state index in [1.165, 1.54) is 0 Å². The van der Waals surface area contributed by atoms with Crippen molar-refractivity contribution >= 4 is 23.7 Å². The lowest BCUT2D eigenvalue weighted by atomic mass is 9.64. The number of hydrogen-bond acceptors (Lipinski definition) is 8. The number of aromatic nitrogens is 4. The van der Waals surface area contributed by atoms with E-state index in [1.807, 2.05) is 70.2 Å². The number of nitrogens with one attached hydrogen (secondary N) is 3. The molecule has 0 spiro atoms. The third-order valence-corrected chi connectivity index (χ3v) is 5.83. The standard InChI is InChI=1S/C28H42N6O4/c1-19(2)17-28(26(37)32-29-18-20(3)4,23(35)16-24-30-33-34-31-24)22(25(36)38-27(5,6)7)15-11-14-21-12-9-8-10-13-21/h8-14,19-20,22,29H,15-18H2,1-7H3,(H,32,37)(H,30,31,33,34)/t22-,28-/m1/s1. The zero-order valence-electron chi connectivity index (χ0n) is 23.6. The van der Waals surface area contributed by atoms with Crippen molar-refractivity contribution in [1.82, 2.24) is 31.5 Å². The Morgan fingerprint density at radius 1 is 1.05 bits per heavy atom. The minimum Gasteiger partial charge on any atom is -0.460 e. The molecule has 2 aromatic rings. The Labute approximate surface area is 225 Å². The molecule has 0 saturated carbocycles. The summed E-state index contributed by atoms with van der Waals surface area (Å²) in [4.78, 5) is 41.9. The predicted octanol–water partition coefficient (Wildman–Crippen LogP) is 3.68. The first kappa shape index (κ1) is 30.8. The van der Waals surface area contributed by atoms with Gasteiger partial charge in [0.15, 0.2) is 11.6 Å². The fraction of sp³-hybridized carbons (Fsp3) is 0.571. The Bertz CT molecular complexity index is 1060. The number of aromatic amines is 1. The molecule has 0 aliphatic heterocycles. The molecule has 0 aliphatic carbocycles. The van der Waals surface area contributed by atoms with E-state index in [0.717, 1.165) is 5.56 Å². The number of Topliss-reactive ketones (excluding diaryl/α,β-unsaturated/α-hetero) is 1. The molecule has 38 heavy (non-hydrogen) atoms. The van der Waals surface area contributed by atoms with Crippen LogP contribution in [0.4, 0.5) is 0 Å². The highest BCUT2D eigenvalue weighted by atomic mass is 16.6. The lowest BCUT2D eigenvalue weighted by Crippen LogP contribution is -2.58. The number of tetrazole rings is 1. The summed E-state index contributed by atoms with van der Waals surface area (Å²) < 4.78 is 5.79. The van der Waals surface area contributed by atoms with E-state index in [9.17, 15) is 14.4 Å². The summed E-state index contributed by atoms with van der Waals surface area (Å²) in [5.41, 5.74) is 4.04. The van der Waals surface area contributed by atoms with Crippen molar-refractivity contribution in [3.05, 3.63) is 47.8 Å². The second-order valence-electron chi connectivity index (χ2n) is 11.4. The fourth-order valence-corrected chi connectivity index (χ4v) is 4.26. The molecule has 10 heteroatoms. The van der Waals surface area contributed by atoms with Crippen LogP contribution < -0.4 is 10.9 Å². The number of nitrogens with zero attached hydrogens (tertiary/aromatic N) is 3. The number of allylic oxidation sites excluding steroid dienone is 1. The third kappa shape index (κ3) is 9.16. The zero-order chi connectivity index (χ0) is 28.3. The Morgan fingerprint density at radius 2 is 1.74 bits per heavy atom. The van der Waals surface area contributed by atoms with E-state index < -0.39 is 34.6 Å². The SMILES string of the molecule is CC(C)CNNC(=O)[C@@](CC(C)C)(C(=O)Cc1nnn[nH]1)[C@H](CC=Cc1ccccc1)C(=O)OC(C)(C)C. The van der Waals surface area contributed by atoms with Crippen LogP contribution in [0.25, 0.3) is 6.08 Å². The number of H-pyrrole nitrogens is 1. The number of carbonyl (C=O) groups is 3. The van der Waals surface area contributed by atoms with Crippen LogP contribution in [-0.2, 0) is 25.5 Å². The van der Waals surface area contributed by atoms with Crippen LogP contribution in [0.1, 0.15) is 72.7 Å². The summed E-state index contributed by atoms with van der Waals surface area (Å²) in [7, 11) is 0. The van der Waals surface area contributed by atoms with Crippen LogP contribution in [0.2, 0.25) is 0 Å². The quantitative estimate of drug-likeness (QED) is 0.192. The van der Waals surface area contributed by atoms with Gasteiger partial charge in [-0.05, 0) is 61.4 Å². The number of esters is 1. The number of ether oxygens (including phenoxy) is 1. The maximum Gasteiger partial charge on any atom is 0.311 e. The monoisotopic (exact) mass is 526 g/mol. The first-order chi connectivity index (χ1) is 17.8. The van der Waals surface area contributed by atoms with Gasteiger partial charge in [-0.2, -0.15) is 0 Å². The van der Waals surface area contributed by atoms with Crippen LogP contribution in [0, 0.1) is 23.2 Å². The minimum atomic E-state index is -1.74. The van der Waals surface area contributed by atoms with Crippen LogP contribution in [0.5, 0.6) is 0 Å². The molecular weight excluding hydrogens is 484 g/mol. The Kier molecular flexibility index (Phi) is 11.3. The summed E-state index contributed by atoms with van der Waals surface area (Å²) in [5.74, 6) is -2.36. The molecule has 2 atom stereocenters. The van der Waals surface area contributed by atoms with Gasteiger partial charge in [-0.3, -0.25) is 19.8 Å². The second-order valence-corrected chi connectivity index (χ2v) is 11.4. The summed E-state index contributed by atoms with van der Waals surface area (Å²) in [6, 6.07) is 9.61. The molecule has 1 aromatic heterocycles. The lowest BCUT2D eigenvalue weighted by molar-refractivity contribution is -0.172. The van der Waals surface area contributed by atoms with E-state index >= 15 is 0 Å². The van der Waals surface area contributed by atoms with E-state index in [1.54, 1.807) is 20.8 Å². The number of rotatable bonds is 14. The average Bonchev–Trinajstić information content (AvgIpc) is 3.32. The first-order valence-electron chi connectivity index (χ1n) is 13.1. The van der Waals surface area contributed by atoms with Gasteiger partial charge in [0.25, 0.3) is 0 Å². The van der Waals surface area contributed by atoms with Gasteiger partial charge in [0, 0.05) is 6.54 Å². The van der Waals surface area contributed by atoms with Gasteiger partial charge in [0.05, 0.1) is 12.3 Å². The number of hydrazine groups is 1. The first-order valence-corrected chi connectivity index (χ1v) is 13.1. The van der Waals surface area contributed by atoms with E-state index in [4.69, 9.17) is 4.74 Å². The third-order valence-electron chi connectivity index (χ3n) is 5.83. The zero-order valence-corrected chi connectivity index (χ0v) is 23.6. The maximum absolute atomic E-state index is 14.1. The number of benzene rings is 1. The molecule has 1 aromatic carbocycles. The highest BCUT2D eigenvalue weighted by Gasteiger charge is 2.55. The van der Waals surface area contributed by atoms with Gasteiger partial charge >= 0.3 is 5.97 Å². The molecule has 10 nitrogen and oxygen atoms in total. The van der Waals surface area contributed by atoms with Gasteiger partial charge in [0.1, 0.15) is 11.0 Å². The Morgan fingerprint density at radius 3 is 2.29 bits per heavy atom. The van der Waals surface area contributed by atoms with Crippen LogP contribution in [0.3, 0.4) is 0 Å². The van der Waals surface area contributed by atoms with Crippen LogP contribution in [0.15, 0.2) is 36.4 Å². The molecule has 0 saturated heterocycles. The van der Waals surface area contributed by atoms with Gasteiger partial charge in [-0.15, -0.1) is 5.10 Å². The van der Waals surface area contributed by atoms with Gasteiger partial charge < -0.3 is 4.74 Å². The lowest BCUT2D eigenvalue weighted by Gasteiger charge is -2.39. The Hall–Kier alpha value is -3.40. The molecule has 0 bridgehead atoms. The van der Waals surface area contributed by atoms with E-state index in [-0.39, 0.29) is 36.9 Å². The number of amides is 1. The molecule has 0 unspecified atom stereocenters. The van der Waals surface area contributed by atoms with Crippen molar-refractivity contribution in [3.8, 4) is 0 Å². The summed E-state index contributed by atoms with van der Waals surface area (Å²) >= 11 is 0. The predicted molar refractivity (Wildman–Crippen MR) is 145 cm³/mol. The molecular formula is C28H42N6O4. The molecule has 1 heterocycles. The van der Waals surface area contributed by atoms with E-state index in [2.05, 4.69) is 31.5 Å². The summed E-state index contributed by atoms with van der Waals surface area (Å²) in [6.07, 6.45) is 3.70. The highest BCUT2D eigenvalue weighted by molar-refractivity contribution is 6.09. The molecule has 208 valence electrons. The molecule has 1 amide bonds. The molecule has 0 radical (unpaired) electrons. The molecule has 0 fully saturated rings.